The van der Waals surface area contributed by atoms with Crippen LogP contribution in [-0.2, 0) is 11.8 Å². The van der Waals surface area contributed by atoms with Crippen LogP contribution in [0.25, 0.3) is 11.3 Å². The summed E-state index contributed by atoms with van der Waals surface area (Å²) >= 11 is 7.47. The Morgan fingerprint density at radius 3 is 2.70 bits per heavy atom. The lowest BCUT2D eigenvalue weighted by Gasteiger charge is -2.15. The van der Waals surface area contributed by atoms with Crippen LogP contribution in [0.5, 0.6) is 0 Å². The van der Waals surface area contributed by atoms with Crippen LogP contribution in [-0.4, -0.2) is 45.6 Å². The molecule has 4 rings (SSSR count). The van der Waals surface area contributed by atoms with Gasteiger partial charge in [0.2, 0.25) is 5.91 Å². The van der Waals surface area contributed by atoms with Crippen LogP contribution >= 0.6 is 23.4 Å². The van der Waals surface area contributed by atoms with Gasteiger partial charge in [0.1, 0.15) is 22.4 Å². The SMILES string of the molecule is CN(CCF)C(=O)[C@H]1C[C@@H]1c1ccc(-c2ncn(C)c2Sc2ccc(Cl)cn2)cc1. The van der Waals surface area contributed by atoms with Crippen LogP contribution in [0.4, 0.5) is 4.39 Å². The Balaban J connectivity index is 1.49. The number of hydrogen-bond acceptors (Lipinski definition) is 4. The van der Waals surface area contributed by atoms with Crippen LogP contribution in [0, 0.1) is 5.92 Å². The molecule has 1 amide bonds. The first kappa shape index (κ1) is 20.9. The average Bonchev–Trinajstić information content (AvgIpc) is 3.47. The average molecular weight is 445 g/mol. The van der Waals surface area contributed by atoms with E-state index in [-0.39, 0.29) is 24.3 Å². The summed E-state index contributed by atoms with van der Waals surface area (Å²) in [5.41, 5.74) is 3.03. The van der Waals surface area contributed by atoms with Gasteiger partial charge >= 0.3 is 0 Å². The number of amides is 1. The number of carbonyl (C=O) groups excluding carboxylic acids is 1. The van der Waals surface area contributed by atoms with E-state index < -0.39 is 6.67 Å². The maximum Gasteiger partial charge on any atom is 0.226 e. The topological polar surface area (TPSA) is 51.0 Å². The molecule has 1 aliphatic rings. The molecule has 0 unspecified atom stereocenters. The quantitative estimate of drug-likeness (QED) is 0.524. The molecule has 2 heterocycles. The Kier molecular flexibility index (Phi) is 6.11. The van der Waals surface area contributed by atoms with Crippen molar-refractivity contribution in [2.45, 2.75) is 22.4 Å². The molecule has 0 N–H and O–H groups in total. The lowest BCUT2D eigenvalue weighted by molar-refractivity contribution is -0.131. The summed E-state index contributed by atoms with van der Waals surface area (Å²) in [5.74, 6) is 0.203. The van der Waals surface area contributed by atoms with E-state index in [4.69, 9.17) is 11.6 Å². The Hall–Kier alpha value is -2.38. The van der Waals surface area contributed by atoms with Gasteiger partial charge in [-0.15, -0.1) is 0 Å². The lowest BCUT2D eigenvalue weighted by atomic mass is 10.0. The van der Waals surface area contributed by atoms with E-state index in [1.165, 1.54) is 16.7 Å². The summed E-state index contributed by atoms with van der Waals surface area (Å²) in [6.45, 7) is -0.353. The van der Waals surface area contributed by atoms with Crippen molar-refractivity contribution < 1.29 is 9.18 Å². The van der Waals surface area contributed by atoms with Crippen molar-refractivity contribution in [1.29, 1.82) is 0 Å². The molecule has 1 aliphatic carbocycles. The second-order valence-corrected chi connectivity index (χ2v) is 8.89. The third-order valence-electron chi connectivity index (χ3n) is 5.30. The van der Waals surface area contributed by atoms with Gasteiger partial charge in [-0.2, -0.15) is 0 Å². The fourth-order valence-corrected chi connectivity index (χ4v) is 4.51. The number of imidazole rings is 1. The van der Waals surface area contributed by atoms with E-state index in [0.717, 1.165) is 33.3 Å². The summed E-state index contributed by atoms with van der Waals surface area (Å²) in [7, 11) is 3.62. The van der Waals surface area contributed by atoms with Crippen LogP contribution in [0.1, 0.15) is 17.9 Å². The Morgan fingerprint density at radius 2 is 2.03 bits per heavy atom. The van der Waals surface area contributed by atoms with Crippen LogP contribution in [0.2, 0.25) is 5.02 Å². The third-order valence-corrected chi connectivity index (χ3v) is 6.65. The number of pyridine rings is 1. The Morgan fingerprint density at radius 1 is 1.27 bits per heavy atom. The molecule has 0 aliphatic heterocycles. The van der Waals surface area contributed by atoms with Gasteiger partial charge < -0.3 is 9.47 Å². The number of rotatable bonds is 7. The zero-order valence-electron chi connectivity index (χ0n) is 16.8. The van der Waals surface area contributed by atoms with Gasteiger partial charge in [0.15, 0.2) is 0 Å². The van der Waals surface area contributed by atoms with Gasteiger partial charge in [-0.1, -0.05) is 35.9 Å². The van der Waals surface area contributed by atoms with E-state index in [2.05, 4.69) is 22.1 Å². The first-order chi connectivity index (χ1) is 14.5. The summed E-state index contributed by atoms with van der Waals surface area (Å²) < 4.78 is 14.5. The molecule has 2 aromatic heterocycles. The van der Waals surface area contributed by atoms with Crippen molar-refractivity contribution in [3.05, 3.63) is 59.5 Å². The third kappa shape index (κ3) is 4.37. The normalized spacial score (nSPS) is 17.7. The number of aromatic nitrogens is 3. The highest BCUT2D eigenvalue weighted by Gasteiger charge is 2.45. The van der Waals surface area contributed by atoms with E-state index >= 15 is 0 Å². The summed E-state index contributed by atoms with van der Waals surface area (Å²) in [5, 5.41) is 2.44. The molecule has 2 atom stereocenters. The number of halogens is 2. The first-order valence-electron chi connectivity index (χ1n) is 9.70. The summed E-state index contributed by atoms with van der Waals surface area (Å²) in [4.78, 5) is 22.8. The summed E-state index contributed by atoms with van der Waals surface area (Å²) in [6, 6.07) is 11.9. The van der Waals surface area contributed by atoms with Crippen molar-refractivity contribution >= 4 is 29.3 Å². The molecule has 0 radical (unpaired) electrons. The summed E-state index contributed by atoms with van der Waals surface area (Å²) in [6.07, 6.45) is 4.24. The van der Waals surface area contributed by atoms with Crippen LogP contribution in [0.15, 0.2) is 59.0 Å². The number of hydrogen-bond donors (Lipinski definition) is 0. The van der Waals surface area contributed by atoms with Gasteiger partial charge in [0.25, 0.3) is 0 Å². The van der Waals surface area contributed by atoms with E-state index in [9.17, 15) is 9.18 Å². The van der Waals surface area contributed by atoms with Crippen molar-refractivity contribution in [3.8, 4) is 11.3 Å². The number of nitrogens with zero attached hydrogens (tertiary/aromatic N) is 4. The standard InChI is InChI=1S/C22H22ClFN4OS/c1-27(10-9-24)21(29)18-11-17(18)14-3-5-15(6-4-14)20-22(28(2)13-26-20)30-19-8-7-16(23)12-25-19/h3-8,12-13,17-18H,9-11H2,1-2H3/t17-,18+/m1/s1. The molecule has 1 fully saturated rings. The van der Waals surface area contributed by atoms with E-state index in [0.29, 0.717) is 5.02 Å². The van der Waals surface area contributed by atoms with Crippen LogP contribution < -0.4 is 0 Å². The molecule has 5 nitrogen and oxygen atoms in total. The molecule has 0 saturated heterocycles. The Bertz CT molecular complexity index is 1040. The number of benzene rings is 1. The maximum absolute atomic E-state index is 12.5. The van der Waals surface area contributed by atoms with E-state index in [1.807, 2.05) is 35.9 Å². The van der Waals surface area contributed by atoms with Crippen LogP contribution in [0.3, 0.4) is 0 Å². The Labute approximate surface area is 184 Å². The highest BCUT2D eigenvalue weighted by atomic mass is 35.5. The molecule has 3 aromatic rings. The van der Waals surface area contributed by atoms with Crippen molar-refractivity contribution in [3.63, 3.8) is 0 Å². The van der Waals surface area contributed by atoms with Gasteiger partial charge in [-0.05, 0) is 41.8 Å². The van der Waals surface area contributed by atoms with Crippen molar-refractivity contribution in [2.24, 2.45) is 13.0 Å². The molecule has 8 heteroatoms. The minimum atomic E-state index is -0.510. The largest absolute Gasteiger partial charge is 0.343 e. The fourth-order valence-electron chi connectivity index (χ4n) is 3.50. The lowest BCUT2D eigenvalue weighted by Crippen LogP contribution is -2.30. The zero-order valence-corrected chi connectivity index (χ0v) is 18.3. The number of carbonyl (C=O) groups is 1. The molecule has 156 valence electrons. The van der Waals surface area contributed by atoms with E-state index in [1.54, 1.807) is 19.6 Å². The van der Waals surface area contributed by atoms with Crippen molar-refractivity contribution in [2.75, 3.05) is 20.3 Å². The minimum absolute atomic E-state index is 0.0283. The smallest absolute Gasteiger partial charge is 0.226 e. The number of aryl methyl sites for hydroxylation is 1. The second kappa shape index (κ2) is 8.78. The maximum atomic E-state index is 12.5. The molecule has 1 aromatic carbocycles. The molecule has 0 spiro atoms. The minimum Gasteiger partial charge on any atom is -0.343 e. The van der Waals surface area contributed by atoms with Gasteiger partial charge in [-0.25, -0.2) is 14.4 Å². The number of alkyl halides is 1. The molecule has 1 saturated carbocycles. The van der Waals surface area contributed by atoms with Gasteiger partial charge in [-0.3, -0.25) is 4.79 Å². The highest BCUT2D eigenvalue weighted by molar-refractivity contribution is 7.99. The first-order valence-corrected chi connectivity index (χ1v) is 10.9. The molecule has 0 bridgehead atoms. The molecular formula is C22H22ClFN4OS. The second-order valence-electron chi connectivity index (χ2n) is 7.45. The van der Waals surface area contributed by atoms with Crippen molar-refractivity contribution in [1.82, 2.24) is 19.4 Å². The fraction of sp³-hybridized carbons (Fsp3) is 0.318. The monoisotopic (exact) mass is 444 g/mol. The molecule has 30 heavy (non-hydrogen) atoms. The van der Waals surface area contributed by atoms with Gasteiger partial charge in [0.05, 0.1) is 11.3 Å². The predicted molar refractivity (Wildman–Crippen MR) is 116 cm³/mol. The predicted octanol–water partition coefficient (Wildman–Crippen LogP) is 4.82. The zero-order chi connectivity index (χ0) is 21.3. The van der Waals surface area contributed by atoms with Gasteiger partial charge in [0, 0.05) is 38.3 Å². The molecular weight excluding hydrogens is 423 g/mol. The highest BCUT2D eigenvalue weighted by Crippen LogP contribution is 2.48.